The molecule has 1 aromatic heterocycles. The first-order valence-electron chi connectivity index (χ1n) is 6.33. The van der Waals surface area contributed by atoms with Crippen LogP contribution in [0.4, 0.5) is 0 Å². The number of nitrogens with zero attached hydrogens (tertiary/aromatic N) is 1. The lowest BCUT2D eigenvalue weighted by molar-refractivity contribution is 0.487. The number of ether oxygens (including phenoxy) is 1. The zero-order chi connectivity index (χ0) is 13.2. The van der Waals surface area contributed by atoms with Crippen LogP contribution in [0.3, 0.4) is 0 Å². The van der Waals surface area contributed by atoms with Crippen LogP contribution in [0.2, 0.25) is 0 Å². The number of hydrogen-bond acceptors (Lipinski definition) is 2. The van der Waals surface area contributed by atoms with Gasteiger partial charge in [0, 0.05) is 17.1 Å². The highest BCUT2D eigenvalue weighted by atomic mass is 16.5. The summed E-state index contributed by atoms with van der Waals surface area (Å²) in [5.74, 6) is 1.70. The Morgan fingerprint density at radius 2 is 1.68 bits per heavy atom. The summed E-state index contributed by atoms with van der Waals surface area (Å²) in [6.45, 7) is 4.06. The van der Waals surface area contributed by atoms with Crippen molar-refractivity contribution >= 4 is 10.9 Å². The van der Waals surface area contributed by atoms with E-state index in [1.165, 1.54) is 5.56 Å². The van der Waals surface area contributed by atoms with Crippen molar-refractivity contribution < 1.29 is 4.74 Å². The number of aryl methyl sites for hydroxylation is 2. The van der Waals surface area contributed by atoms with Gasteiger partial charge in [0.25, 0.3) is 0 Å². The molecule has 0 bridgehead atoms. The third kappa shape index (κ3) is 2.43. The third-order valence-electron chi connectivity index (χ3n) is 3.03. The highest BCUT2D eigenvalue weighted by Crippen LogP contribution is 2.30. The number of aromatic nitrogens is 1. The first-order chi connectivity index (χ1) is 9.22. The van der Waals surface area contributed by atoms with Crippen molar-refractivity contribution in [2.24, 2.45) is 0 Å². The predicted molar refractivity (Wildman–Crippen MR) is 77.7 cm³/mol. The Morgan fingerprint density at radius 1 is 0.895 bits per heavy atom. The summed E-state index contributed by atoms with van der Waals surface area (Å²) in [6, 6.07) is 18.0. The first-order valence-corrected chi connectivity index (χ1v) is 6.33. The van der Waals surface area contributed by atoms with E-state index < -0.39 is 0 Å². The number of pyridine rings is 1. The Hall–Kier alpha value is -2.35. The van der Waals surface area contributed by atoms with Crippen LogP contribution in [-0.2, 0) is 0 Å². The van der Waals surface area contributed by atoms with Gasteiger partial charge in [-0.05, 0) is 38.1 Å². The van der Waals surface area contributed by atoms with E-state index in [0.29, 0.717) is 0 Å². The lowest BCUT2D eigenvalue weighted by Gasteiger charge is -2.10. The molecule has 0 unspecified atom stereocenters. The Balaban J connectivity index is 2.14. The minimum absolute atomic E-state index is 0.843. The molecule has 0 amide bonds. The third-order valence-corrected chi connectivity index (χ3v) is 3.03. The van der Waals surface area contributed by atoms with Crippen LogP contribution in [0.15, 0.2) is 54.6 Å². The van der Waals surface area contributed by atoms with E-state index in [4.69, 9.17) is 4.74 Å². The van der Waals surface area contributed by atoms with E-state index in [2.05, 4.69) is 24.0 Å². The lowest BCUT2D eigenvalue weighted by Crippen LogP contribution is -1.91. The van der Waals surface area contributed by atoms with Crippen molar-refractivity contribution in [3.8, 4) is 11.5 Å². The summed E-state index contributed by atoms with van der Waals surface area (Å²) in [5, 5.41) is 1.05. The number of hydrogen-bond donors (Lipinski definition) is 0. The Kier molecular flexibility index (Phi) is 2.92. The van der Waals surface area contributed by atoms with E-state index >= 15 is 0 Å². The average molecular weight is 249 g/mol. The van der Waals surface area contributed by atoms with Gasteiger partial charge in [0.2, 0.25) is 0 Å². The molecular weight excluding hydrogens is 234 g/mol. The molecule has 0 atom stereocenters. The van der Waals surface area contributed by atoms with Gasteiger partial charge in [-0.15, -0.1) is 0 Å². The van der Waals surface area contributed by atoms with Gasteiger partial charge in [-0.1, -0.05) is 29.8 Å². The smallest absolute Gasteiger partial charge is 0.138 e. The summed E-state index contributed by atoms with van der Waals surface area (Å²) in [6.07, 6.45) is 0. The Labute approximate surface area is 112 Å². The molecule has 2 aromatic carbocycles. The average Bonchev–Trinajstić information content (AvgIpc) is 2.41. The second-order valence-corrected chi connectivity index (χ2v) is 4.70. The zero-order valence-corrected chi connectivity index (χ0v) is 11.1. The van der Waals surface area contributed by atoms with Crippen molar-refractivity contribution in [2.45, 2.75) is 13.8 Å². The molecule has 0 aliphatic carbocycles. The summed E-state index contributed by atoms with van der Waals surface area (Å²) in [5.41, 5.74) is 3.13. The molecule has 0 fully saturated rings. The van der Waals surface area contributed by atoms with Gasteiger partial charge >= 0.3 is 0 Å². The summed E-state index contributed by atoms with van der Waals surface area (Å²) < 4.78 is 5.99. The van der Waals surface area contributed by atoms with Crippen molar-refractivity contribution in [3.63, 3.8) is 0 Å². The summed E-state index contributed by atoms with van der Waals surface area (Å²) in [4.78, 5) is 4.54. The van der Waals surface area contributed by atoms with Gasteiger partial charge < -0.3 is 4.74 Å². The van der Waals surface area contributed by atoms with Crippen LogP contribution in [0.5, 0.6) is 11.5 Å². The highest BCUT2D eigenvalue weighted by Gasteiger charge is 2.06. The van der Waals surface area contributed by atoms with E-state index in [1.54, 1.807) is 0 Å². The lowest BCUT2D eigenvalue weighted by atomic mass is 10.1. The van der Waals surface area contributed by atoms with Crippen LogP contribution in [0, 0.1) is 13.8 Å². The van der Waals surface area contributed by atoms with E-state index in [1.807, 2.05) is 49.4 Å². The minimum Gasteiger partial charge on any atom is -0.457 e. The van der Waals surface area contributed by atoms with Gasteiger partial charge in [0.05, 0.1) is 5.52 Å². The molecule has 0 N–H and O–H groups in total. The van der Waals surface area contributed by atoms with Gasteiger partial charge in [-0.2, -0.15) is 0 Å². The van der Waals surface area contributed by atoms with Crippen LogP contribution >= 0.6 is 0 Å². The molecule has 1 heterocycles. The minimum atomic E-state index is 0.843. The molecule has 0 radical (unpaired) electrons. The Morgan fingerprint density at radius 3 is 2.47 bits per heavy atom. The molecule has 2 heteroatoms. The van der Waals surface area contributed by atoms with Crippen LogP contribution < -0.4 is 4.74 Å². The monoisotopic (exact) mass is 249 g/mol. The summed E-state index contributed by atoms with van der Waals surface area (Å²) >= 11 is 0. The highest BCUT2D eigenvalue weighted by molar-refractivity contribution is 5.86. The molecule has 0 saturated carbocycles. The first kappa shape index (κ1) is 11.7. The second-order valence-electron chi connectivity index (χ2n) is 4.70. The van der Waals surface area contributed by atoms with Crippen LogP contribution in [0.25, 0.3) is 10.9 Å². The number of fused-ring (bicyclic) bond motifs is 1. The molecule has 0 saturated heterocycles. The van der Waals surface area contributed by atoms with Gasteiger partial charge in [-0.25, -0.2) is 0 Å². The van der Waals surface area contributed by atoms with Crippen molar-refractivity contribution in [2.75, 3.05) is 0 Å². The Bertz CT molecular complexity index is 720. The second kappa shape index (κ2) is 4.73. The summed E-state index contributed by atoms with van der Waals surface area (Å²) in [7, 11) is 0. The van der Waals surface area contributed by atoms with Crippen molar-refractivity contribution in [1.82, 2.24) is 4.98 Å². The van der Waals surface area contributed by atoms with E-state index in [-0.39, 0.29) is 0 Å². The predicted octanol–water partition coefficient (Wildman–Crippen LogP) is 4.64. The van der Waals surface area contributed by atoms with Crippen molar-refractivity contribution in [3.05, 3.63) is 65.9 Å². The SMILES string of the molecule is Cc1ccc2nc(C)cc(Oc3ccccc3)c2c1. The number of para-hydroxylation sites is 1. The molecule has 94 valence electrons. The van der Waals surface area contributed by atoms with Crippen LogP contribution in [-0.4, -0.2) is 4.98 Å². The molecule has 0 aliphatic rings. The molecule has 2 nitrogen and oxygen atoms in total. The van der Waals surface area contributed by atoms with Gasteiger partial charge in [0.1, 0.15) is 11.5 Å². The number of benzene rings is 2. The van der Waals surface area contributed by atoms with Crippen molar-refractivity contribution in [1.29, 1.82) is 0 Å². The fourth-order valence-electron chi connectivity index (χ4n) is 2.13. The fraction of sp³-hybridized carbons (Fsp3) is 0.118. The van der Waals surface area contributed by atoms with Gasteiger partial charge in [-0.3, -0.25) is 4.98 Å². The molecule has 0 spiro atoms. The molecule has 3 rings (SSSR count). The largest absolute Gasteiger partial charge is 0.457 e. The number of rotatable bonds is 2. The molecular formula is C17H15NO. The van der Waals surface area contributed by atoms with E-state index in [0.717, 1.165) is 28.1 Å². The quantitative estimate of drug-likeness (QED) is 0.659. The van der Waals surface area contributed by atoms with Crippen LogP contribution in [0.1, 0.15) is 11.3 Å². The normalized spacial score (nSPS) is 10.6. The van der Waals surface area contributed by atoms with E-state index in [9.17, 15) is 0 Å². The maximum atomic E-state index is 5.99. The topological polar surface area (TPSA) is 22.1 Å². The van der Waals surface area contributed by atoms with Gasteiger partial charge in [0.15, 0.2) is 0 Å². The fourth-order valence-corrected chi connectivity index (χ4v) is 2.13. The zero-order valence-electron chi connectivity index (χ0n) is 11.1. The molecule has 19 heavy (non-hydrogen) atoms. The standard InChI is InChI=1S/C17H15NO/c1-12-8-9-16-15(10-12)17(11-13(2)18-16)19-14-6-4-3-5-7-14/h3-11H,1-2H3. The molecule has 0 aliphatic heterocycles. The maximum absolute atomic E-state index is 5.99. The molecule has 3 aromatic rings. The maximum Gasteiger partial charge on any atom is 0.138 e.